The van der Waals surface area contributed by atoms with E-state index in [9.17, 15) is 4.79 Å². The summed E-state index contributed by atoms with van der Waals surface area (Å²) >= 11 is 0. The minimum atomic E-state index is 0.230. The molecule has 128 valence electrons. The number of amides is 1. The van der Waals surface area contributed by atoms with E-state index in [1.165, 1.54) is 0 Å². The number of rotatable bonds is 4. The van der Waals surface area contributed by atoms with Gasteiger partial charge in [-0.15, -0.1) is 0 Å². The summed E-state index contributed by atoms with van der Waals surface area (Å²) in [7, 11) is 4.23. The molecule has 5 heteroatoms. The van der Waals surface area contributed by atoms with Crippen molar-refractivity contribution in [3.05, 3.63) is 41.7 Å². The first-order chi connectivity index (χ1) is 11.5. The molecule has 1 saturated heterocycles. The number of carbonyl (C=O) groups is 1. The number of aromatic nitrogens is 2. The van der Waals surface area contributed by atoms with E-state index in [1.807, 2.05) is 30.2 Å². The van der Waals surface area contributed by atoms with Gasteiger partial charge in [0.05, 0.1) is 12.6 Å². The van der Waals surface area contributed by atoms with Crippen LogP contribution in [0.4, 0.5) is 0 Å². The third kappa shape index (κ3) is 3.67. The number of benzene rings is 1. The average Bonchev–Trinajstić information content (AvgIpc) is 3.01. The maximum absolute atomic E-state index is 12.6. The van der Waals surface area contributed by atoms with Crippen molar-refractivity contribution in [3.8, 4) is 11.1 Å². The van der Waals surface area contributed by atoms with E-state index in [2.05, 4.69) is 41.3 Å². The fraction of sp³-hybridized carbons (Fsp3) is 0.474. The summed E-state index contributed by atoms with van der Waals surface area (Å²) < 4.78 is 0. The van der Waals surface area contributed by atoms with Gasteiger partial charge >= 0.3 is 0 Å². The third-order valence-electron chi connectivity index (χ3n) is 4.97. The molecule has 1 N–H and O–H groups in total. The third-order valence-corrected chi connectivity index (χ3v) is 4.97. The van der Waals surface area contributed by atoms with Gasteiger partial charge in [0.1, 0.15) is 0 Å². The largest absolute Gasteiger partial charge is 0.342 e. The molecule has 24 heavy (non-hydrogen) atoms. The Hall–Kier alpha value is -2.14. The lowest BCUT2D eigenvalue weighted by molar-refractivity contribution is -0.131. The lowest BCUT2D eigenvalue weighted by Crippen LogP contribution is -2.44. The predicted molar refractivity (Wildman–Crippen MR) is 95.8 cm³/mol. The van der Waals surface area contributed by atoms with Crippen LogP contribution >= 0.6 is 0 Å². The number of likely N-dealkylation sites (tertiary alicyclic amines) is 1. The molecule has 1 amide bonds. The number of aromatic amines is 1. The van der Waals surface area contributed by atoms with Crippen LogP contribution in [0.3, 0.4) is 0 Å². The van der Waals surface area contributed by atoms with Gasteiger partial charge in [-0.25, -0.2) is 0 Å². The Morgan fingerprint density at radius 2 is 2.08 bits per heavy atom. The van der Waals surface area contributed by atoms with Crippen LogP contribution in [0.15, 0.2) is 30.5 Å². The standard InChI is InChI=1S/C19H26N4O/c1-14-18(13-20-21-14)16-6-4-5-15(11-16)12-19(24)23-9-7-17(8-10-23)22(2)3/h4-6,11,13,17H,7-10,12H2,1-3H3,(H,20,21). The van der Waals surface area contributed by atoms with Crippen molar-refractivity contribution in [3.63, 3.8) is 0 Å². The lowest BCUT2D eigenvalue weighted by atomic mass is 10.0. The summed E-state index contributed by atoms with van der Waals surface area (Å²) in [4.78, 5) is 16.9. The minimum Gasteiger partial charge on any atom is -0.342 e. The zero-order chi connectivity index (χ0) is 17.1. The summed E-state index contributed by atoms with van der Waals surface area (Å²) in [6.07, 6.45) is 4.43. The SMILES string of the molecule is Cc1[nH]ncc1-c1cccc(CC(=O)N2CCC(N(C)C)CC2)c1. The number of hydrogen-bond acceptors (Lipinski definition) is 3. The van der Waals surface area contributed by atoms with Crippen LogP contribution in [0.25, 0.3) is 11.1 Å². The number of carbonyl (C=O) groups excluding carboxylic acids is 1. The highest BCUT2D eigenvalue weighted by Crippen LogP contribution is 2.23. The lowest BCUT2D eigenvalue weighted by Gasteiger charge is -2.35. The van der Waals surface area contributed by atoms with Crippen molar-refractivity contribution in [2.75, 3.05) is 27.2 Å². The molecule has 1 aromatic carbocycles. The van der Waals surface area contributed by atoms with Gasteiger partial charge in [-0.3, -0.25) is 9.89 Å². The molecule has 0 spiro atoms. The van der Waals surface area contributed by atoms with E-state index in [0.29, 0.717) is 12.5 Å². The zero-order valence-electron chi connectivity index (χ0n) is 14.7. The molecule has 0 atom stereocenters. The highest BCUT2D eigenvalue weighted by atomic mass is 16.2. The second kappa shape index (κ2) is 7.18. The second-order valence-electron chi connectivity index (χ2n) is 6.86. The summed E-state index contributed by atoms with van der Waals surface area (Å²) in [5.74, 6) is 0.230. The molecular weight excluding hydrogens is 300 g/mol. The Bertz CT molecular complexity index is 699. The van der Waals surface area contributed by atoms with E-state index >= 15 is 0 Å². The minimum absolute atomic E-state index is 0.230. The van der Waals surface area contributed by atoms with Crippen molar-refractivity contribution < 1.29 is 4.79 Å². The molecular formula is C19H26N4O. The van der Waals surface area contributed by atoms with Crippen LogP contribution in [0, 0.1) is 6.92 Å². The molecule has 1 fully saturated rings. The smallest absolute Gasteiger partial charge is 0.226 e. The average molecular weight is 326 g/mol. The summed E-state index contributed by atoms with van der Waals surface area (Å²) in [6, 6.07) is 8.81. The first-order valence-electron chi connectivity index (χ1n) is 8.58. The topological polar surface area (TPSA) is 52.2 Å². The Morgan fingerprint density at radius 1 is 1.33 bits per heavy atom. The first-order valence-corrected chi connectivity index (χ1v) is 8.58. The van der Waals surface area contributed by atoms with Crippen molar-refractivity contribution in [2.24, 2.45) is 0 Å². The molecule has 0 unspecified atom stereocenters. The Morgan fingerprint density at radius 3 is 2.71 bits per heavy atom. The van der Waals surface area contributed by atoms with E-state index in [4.69, 9.17) is 0 Å². The van der Waals surface area contributed by atoms with Crippen molar-refractivity contribution in [1.82, 2.24) is 20.0 Å². The number of nitrogens with one attached hydrogen (secondary N) is 1. The summed E-state index contributed by atoms with van der Waals surface area (Å²) in [6.45, 7) is 3.74. The van der Waals surface area contributed by atoms with Gasteiger partial charge in [0.25, 0.3) is 0 Å². The van der Waals surface area contributed by atoms with Crippen LogP contribution < -0.4 is 0 Å². The maximum atomic E-state index is 12.6. The van der Waals surface area contributed by atoms with Gasteiger partial charge in [0, 0.05) is 30.4 Å². The van der Waals surface area contributed by atoms with Crippen LogP contribution in [-0.2, 0) is 11.2 Å². The molecule has 0 aliphatic carbocycles. The van der Waals surface area contributed by atoms with E-state index < -0.39 is 0 Å². The van der Waals surface area contributed by atoms with Gasteiger partial charge in [-0.2, -0.15) is 5.10 Å². The number of aryl methyl sites for hydroxylation is 1. The predicted octanol–water partition coefficient (Wildman–Crippen LogP) is 2.48. The number of piperidine rings is 1. The number of hydrogen-bond donors (Lipinski definition) is 1. The molecule has 0 bridgehead atoms. The fourth-order valence-corrected chi connectivity index (χ4v) is 3.41. The highest BCUT2D eigenvalue weighted by molar-refractivity contribution is 5.79. The highest BCUT2D eigenvalue weighted by Gasteiger charge is 2.23. The Labute approximate surface area is 143 Å². The monoisotopic (exact) mass is 326 g/mol. The van der Waals surface area contributed by atoms with Crippen molar-refractivity contribution in [2.45, 2.75) is 32.2 Å². The Balaban J connectivity index is 1.64. The normalized spacial score (nSPS) is 15.9. The summed E-state index contributed by atoms with van der Waals surface area (Å²) in [5, 5.41) is 7.04. The van der Waals surface area contributed by atoms with Crippen LogP contribution in [0.5, 0.6) is 0 Å². The number of H-pyrrole nitrogens is 1. The van der Waals surface area contributed by atoms with E-state index in [0.717, 1.165) is 48.3 Å². The van der Waals surface area contributed by atoms with Gasteiger partial charge in [0.2, 0.25) is 5.91 Å². The molecule has 3 rings (SSSR count). The summed E-state index contributed by atoms with van der Waals surface area (Å²) in [5.41, 5.74) is 4.31. The van der Waals surface area contributed by atoms with E-state index in [-0.39, 0.29) is 5.91 Å². The van der Waals surface area contributed by atoms with E-state index in [1.54, 1.807) is 0 Å². The molecule has 1 aromatic heterocycles. The van der Waals surface area contributed by atoms with Crippen molar-refractivity contribution >= 4 is 5.91 Å². The van der Waals surface area contributed by atoms with Gasteiger partial charge < -0.3 is 9.80 Å². The van der Waals surface area contributed by atoms with Gasteiger partial charge in [-0.1, -0.05) is 24.3 Å². The van der Waals surface area contributed by atoms with Crippen molar-refractivity contribution in [1.29, 1.82) is 0 Å². The molecule has 1 aliphatic heterocycles. The Kier molecular flexibility index (Phi) is 5.00. The van der Waals surface area contributed by atoms with Crippen LogP contribution in [-0.4, -0.2) is 59.1 Å². The fourth-order valence-electron chi connectivity index (χ4n) is 3.41. The quantitative estimate of drug-likeness (QED) is 0.939. The molecule has 0 radical (unpaired) electrons. The zero-order valence-corrected chi connectivity index (χ0v) is 14.7. The van der Waals surface area contributed by atoms with Gasteiger partial charge in [0.15, 0.2) is 0 Å². The molecule has 2 aromatic rings. The van der Waals surface area contributed by atoms with Crippen LogP contribution in [0.1, 0.15) is 24.1 Å². The molecule has 0 saturated carbocycles. The number of nitrogens with zero attached hydrogens (tertiary/aromatic N) is 3. The van der Waals surface area contributed by atoms with Crippen LogP contribution in [0.2, 0.25) is 0 Å². The molecule has 1 aliphatic rings. The first kappa shape index (κ1) is 16.7. The van der Waals surface area contributed by atoms with Gasteiger partial charge in [-0.05, 0) is 45.0 Å². The molecule has 2 heterocycles. The maximum Gasteiger partial charge on any atom is 0.226 e. The second-order valence-corrected chi connectivity index (χ2v) is 6.86. The molecule has 5 nitrogen and oxygen atoms in total.